The molecule has 0 spiro atoms. The van der Waals surface area contributed by atoms with E-state index in [2.05, 4.69) is 4.98 Å². The lowest BCUT2D eigenvalue weighted by atomic mass is 10.5. The van der Waals surface area contributed by atoms with E-state index in [1.807, 2.05) is 6.92 Å². The van der Waals surface area contributed by atoms with Crippen molar-refractivity contribution in [2.24, 2.45) is 0 Å². The Hall–Kier alpha value is -0.690. The summed E-state index contributed by atoms with van der Waals surface area (Å²) in [4.78, 5) is 3.83. The molecule has 0 aliphatic heterocycles. The Balaban J connectivity index is 3.02. The first-order chi connectivity index (χ1) is 8.02. The highest BCUT2D eigenvalue weighted by Crippen LogP contribution is 2.16. The van der Waals surface area contributed by atoms with Gasteiger partial charge in [-0.25, -0.2) is 13.4 Å². The zero-order valence-corrected chi connectivity index (χ0v) is 11.1. The average molecular weight is 279 g/mol. The van der Waals surface area contributed by atoms with Crippen LogP contribution in [0.1, 0.15) is 13.3 Å². The summed E-state index contributed by atoms with van der Waals surface area (Å²) in [6.45, 7) is 2.12. The SMILES string of the molecule is CCCN(CCO)S(=O)(=O)c1ccc(Cl)nc1. The molecule has 1 N–H and O–H groups in total. The Labute approximate surface area is 106 Å². The zero-order chi connectivity index (χ0) is 12.9. The topological polar surface area (TPSA) is 70.5 Å². The lowest BCUT2D eigenvalue weighted by Gasteiger charge is -2.20. The Morgan fingerprint density at radius 3 is 2.59 bits per heavy atom. The number of hydrogen-bond acceptors (Lipinski definition) is 4. The number of pyridine rings is 1. The third-order valence-electron chi connectivity index (χ3n) is 2.16. The fourth-order valence-corrected chi connectivity index (χ4v) is 2.96. The van der Waals surface area contributed by atoms with Crippen molar-refractivity contribution in [2.45, 2.75) is 18.2 Å². The second-order valence-electron chi connectivity index (χ2n) is 3.44. The van der Waals surface area contributed by atoms with Crippen molar-refractivity contribution in [3.8, 4) is 0 Å². The van der Waals surface area contributed by atoms with Gasteiger partial charge in [0.15, 0.2) is 0 Å². The maximum absolute atomic E-state index is 12.2. The minimum Gasteiger partial charge on any atom is -0.395 e. The van der Waals surface area contributed by atoms with E-state index in [1.54, 1.807) is 0 Å². The first kappa shape index (κ1) is 14.4. The Bertz CT molecular complexity index is 441. The molecule has 0 aromatic carbocycles. The van der Waals surface area contributed by atoms with E-state index in [1.165, 1.54) is 22.6 Å². The molecule has 17 heavy (non-hydrogen) atoms. The van der Waals surface area contributed by atoms with Crippen molar-refractivity contribution in [2.75, 3.05) is 19.7 Å². The van der Waals surface area contributed by atoms with Crippen molar-refractivity contribution in [3.63, 3.8) is 0 Å². The van der Waals surface area contributed by atoms with Crippen molar-refractivity contribution < 1.29 is 13.5 Å². The van der Waals surface area contributed by atoms with Crippen LogP contribution in [0.25, 0.3) is 0 Å². The average Bonchev–Trinajstić information content (AvgIpc) is 2.29. The minimum absolute atomic E-state index is 0.0821. The summed E-state index contributed by atoms with van der Waals surface area (Å²) in [5.41, 5.74) is 0. The van der Waals surface area contributed by atoms with Crippen LogP contribution in [0.15, 0.2) is 23.2 Å². The van der Waals surface area contributed by atoms with E-state index in [-0.39, 0.29) is 23.2 Å². The van der Waals surface area contributed by atoms with Gasteiger partial charge in [-0.2, -0.15) is 4.31 Å². The van der Waals surface area contributed by atoms with Gasteiger partial charge in [-0.1, -0.05) is 18.5 Å². The normalized spacial score (nSPS) is 12.0. The molecule has 0 saturated heterocycles. The Morgan fingerprint density at radius 1 is 1.41 bits per heavy atom. The van der Waals surface area contributed by atoms with Crippen LogP contribution >= 0.6 is 11.6 Å². The van der Waals surface area contributed by atoms with E-state index < -0.39 is 10.0 Å². The number of aromatic nitrogens is 1. The van der Waals surface area contributed by atoms with Crippen LogP contribution in [0.2, 0.25) is 5.15 Å². The first-order valence-electron chi connectivity index (χ1n) is 5.25. The van der Waals surface area contributed by atoms with E-state index in [4.69, 9.17) is 16.7 Å². The van der Waals surface area contributed by atoms with Gasteiger partial charge in [0.2, 0.25) is 10.0 Å². The maximum atomic E-state index is 12.2. The Morgan fingerprint density at radius 2 is 2.12 bits per heavy atom. The molecule has 0 amide bonds. The molecule has 5 nitrogen and oxygen atoms in total. The molecule has 0 saturated carbocycles. The van der Waals surface area contributed by atoms with Gasteiger partial charge in [0.1, 0.15) is 10.0 Å². The maximum Gasteiger partial charge on any atom is 0.244 e. The minimum atomic E-state index is -3.59. The van der Waals surface area contributed by atoms with Crippen LogP contribution < -0.4 is 0 Å². The van der Waals surface area contributed by atoms with Gasteiger partial charge in [0, 0.05) is 19.3 Å². The van der Waals surface area contributed by atoms with Gasteiger partial charge in [0.05, 0.1) is 6.61 Å². The van der Waals surface area contributed by atoms with E-state index in [0.29, 0.717) is 13.0 Å². The third-order valence-corrected chi connectivity index (χ3v) is 4.27. The predicted octanol–water partition coefficient (Wildman–Crippen LogP) is 1.13. The summed E-state index contributed by atoms with van der Waals surface area (Å²) >= 11 is 5.60. The first-order valence-corrected chi connectivity index (χ1v) is 7.06. The number of sulfonamides is 1. The van der Waals surface area contributed by atoms with Crippen molar-refractivity contribution in [3.05, 3.63) is 23.5 Å². The van der Waals surface area contributed by atoms with Crippen LogP contribution in [0.3, 0.4) is 0 Å². The molecule has 0 aliphatic rings. The number of hydrogen-bond donors (Lipinski definition) is 1. The Kier molecular flexibility index (Phi) is 5.32. The molecule has 0 radical (unpaired) electrons. The molecule has 1 aromatic heterocycles. The molecule has 1 rings (SSSR count). The summed E-state index contributed by atoms with van der Waals surface area (Å²) in [5.74, 6) is 0. The van der Waals surface area contributed by atoms with E-state index in [9.17, 15) is 8.42 Å². The van der Waals surface area contributed by atoms with Crippen LogP contribution in [-0.4, -0.2) is 42.5 Å². The monoisotopic (exact) mass is 278 g/mol. The fourth-order valence-electron chi connectivity index (χ4n) is 1.38. The number of aliphatic hydroxyl groups excluding tert-OH is 1. The van der Waals surface area contributed by atoms with Gasteiger partial charge >= 0.3 is 0 Å². The highest BCUT2D eigenvalue weighted by Gasteiger charge is 2.23. The number of rotatable bonds is 6. The summed E-state index contributed by atoms with van der Waals surface area (Å²) in [6.07, 6.45) is 1.90. The summed E-state index contributed by atoms with van der Waals surface area (Å²) in [7, 11) is -3.59. The molecular formula is C10H15ClN2O3S. The van der Waals surface area contributed by atoms with Crippen molar-refractivity contribution in [1.82, 2.24) is 9.29 Å². The van der Waals surface area contributed by atoms with Crippen LogP contribution in [0.5, 0.6) is 0 Å². The highest BCUT2D eigenvalue weighted by atomic mass is 35.5. The molecule has 1 heterocycles. The van der Waals surface area contributed by atoms with Gasteiger partial charge in [-0.05, 0) is 18.6 Å². The molecule has 0 unspecified atom stereocenters. The molecule has 7 heteroatoms. The molecule has 0 aliphatic carbocycles. The van der Waals surface area contributed by atoms with Crippen molar-refractivity contribution in [1.29, 1.82) is 0 Å². The molecule has 0 fully saturated rings. The third kappa shape index (κ3) is 3.64. The van der Waals surface area contributed by atoms with E-state index in [0.717, 1.165) is 0 Å². The highest BCUT2D eigenvalue weighted by molar-refractivity contribution is 7.89. The van der Waals surface area contributed by atoms with Gasteiger partial charge in [-0.3, -0.25) is 0 Å². The van der Waals surface area contributed by atoms with E-state index >= 15 is 0 Å². The largest absolute Gasteiger partial charge is 0.395 e. The van der Waals surface area contributed by atoms with Gasteiger partial charge < -0.3 is 5.11 Å². The molecule has 0 atom stereocenters. The molecule has 0 bridgehead atoms. The second-order valence-corrected chi connectivity index (χ2v) is 5.77. The quantitative estimate of drug-likeness (QED) is 0.792. The summed E-state index contributed by atoms with van der Waals surface area (Å²) in [5, 5.41) is 9.12. The number of halogens is 1. The predicted molar refractivity (Wildman–Crippen MR) is 65.4 cm³/mol. The lowest BCUT2D eigenvalue weighted by molar-refractivity contribution is 0.253. The second kappa shape index (κ2) is 6.30. The number of nitrogens with zero attached hydrogens (tertiary/aromatic N) is 2. The van der Waals surface area contributed by atoms with Crippen LogP contribution in [0.4, 0.5) is 0 Å². The fraction of sp³-hybridized carbons (Fsp3) is 0.500. The lowest BCUT2D eigenvalue weighted by Crippen LogP contribution is -2.34. The van der Waals surface area contributed by atoms with Crippen LogP contribution in [-0.2, 0) is 10.0 Å². The number of aliphatic hydroxyl groups is 1. The van der Waals surface area contributed by atoms with Crippen LogP contribution in [0, 0.1) is 0 Å². The summed E-state index contributed by atoms with van der Waals surface area (Å²) in [6, 6.07) is 2.84. The van der Waals surface area contributed by atoms with Crippen molar-refractivity contribution >= 4 is 21.6 Å². The summed E-state index contributed by atoms with van der Waals surface area (Å²) < 4.78 is 25.5. The van der Waals surface area contributed by atoms with Gasteiger partial charge in [-0.15, -0.1) is 0 Å². The zero-order valence-electron chi connectivity index (χ0n) is 9.50. The standard InChI is InChI=1S/C10H15ClN2O3S/c1-2-5-13(6-7-14)17(15,16)9-3-4-10(11)12-8-9/h3-4,8,14H,2,5-7H2,1H3. The smallest absolute Gasteiger partial charge is 0.244 e. The molecular weight excluding hydrogens is 264 g/mol. The molecule has 1 aromatic rings. The molecule has 96 valence electrons. The van der Waals surface area contributed by atoms with Gasteiger partial charge in [0.25, 0.3) is 0 Å².